The fourth-order valence-electron chi connectivity index (χ4n) is 2.34. The van der Waals surface area contributed by atoms with Gasteiger partial charge in [0.05, 0.1) is 23.3 Å². The van der Waals surface area contributed by atoms with Crippen molar-refractivity contribution in [3.63, 3.8) is 0 Å². The van der Waals surface area contributed by atoms with E-state index in [0.29, 0.717) is 0 Å². The molecule has 3 rings (SSSR count). The second kappa shape index (κ2) is 5.30. The van der Waals surface area contributed by atoms with E-state index in [-0.39, 0.29) is 11.9 Å². The van der Waals surface area contributed by atoms with E-state index in [4.69, 9.17) is 0 Å². The van der Waals surface area contributed by atoms with Gasteiger partial charge in [0.15, 0.2) is 0 Å². The molecule has 1 atom stereocenters. The molecule has 0 aliphatic heterocycles. The standard InChI is InChI=1S/C15H13FN4/c1-17-14(10-7-11(16)9-18-8-10)12-3-2-4-13-15(12)20-6-5-19-13/h2-9,14,17H,1H3. The van der Waals surface area contributed by atoms with Crippen molar-refractivity contribution in [2.75, 3.05) is 7.05 Å². The molecule has 20 heavy (non-hydrogen) atoms. The maximum Gasteiger partial charge on any atom is 0.141 e. The Morgan fingerprint density at radius 3 is 2.80 bits per heavy atom. The molecular weight excluding hydrogens is 255 g/mol. The summed E-state index contributed by atoms with van der Waals surface area (Å²) in [6, 6.07) is 7.08. The Hall–Kier alpha value is -2.40. The van der Waals surface area contributed by atoms with E-state index >= 15 is 0 Å². The number of fused-ring (bicyclic) bond motifs is 1. The molecule has 0 radical (unpaired) electrons. The molecule has 0 aliphatic rings. The van der Waals surface area contributed by atoms with Gasteiger partial charge in [-0.3, -0.25) is 15.0 Å². The summed E-state index contributed by atoms with van der Waals surface area (Å²) in [5, 5.41) is 3.18. The van der Waals surface area contributed by atoms with Crippen LogP contribution in [0.25, 0.3) is 11.0 Å². The number of rotatable bonds is 3. The maximum absolute atomic E-state index is 13.4. The minimum Gasteiger partial charge on any atom is -0.309 e. The second-order valence-corrected chi connectivity index (χ2v) is 4.43. The van der Waals surface area contributed by atoms with Crippen molar-refractivity contribution >= 4 is 11.0 Å². The largest absolute Gasteiger partial charge is 0.309 e. The van der Waals surface area contributed by atoms with Crippen molar-refractivity contribution in [2.24, 2.45) is 0 Å². The molecular formula is C15H13FN4. The third-order valence-corrected chi connectivity index (χ3v) is 3.19. The highest BCUT2D eigenvalue weighted by molar-refractivity contribution is 5.78. The highest BCUT2D eigenvalue weighted by atomic mass is 19.1. The molecule has 0 fully saturated rings. The van der Waals surface area contributed by atoms with Crippen LogP contribution in [0.15, 0.2) is 49.1 Å². The van der Waals surface area contributed by atoms with Gasteiger partial charge in [0, 0.05) is 24.2 Å². The Morgan fingerprint density at radius 2 is 2.00 bits per heavy atom. The topological polar surface area (TPSA) is 50.7 Å². The summed E-state index contributed by atoms with van der Waals surface area (Å²) in [7, 11) is 1.82. The summed E-state index contributed by atoms with van der Waals surface area (Å²) in [5.74, 6) is -0.353. The summed E-state index contributed by atoms with van der Waals surface area (Å²) in [6.07, 6.45) is 6.16. The lowest BCUT2D eigenvalue weighted by atomic mass is 9.98. The molecule has 0 spiro atoms. The van der Waals surface area contributed by atoms with Gasteiger partial charge in [-0.15, -0.1) is 0 Å². The summed E-state index contributed by atoms with van der Waals surface area (Å²) in [5.41, 5.74) is 3.32. The van der Waals surface area contributed by atoms with E-state index in [9.17, 15) is 4.39 Å². The molecule has 5 heteroatoms. The second-order valence-electron chi connectivity index (χ2n) is 4.43. The van der Waals surface area contributed by atoms with Crippen LogP contribution < -0.4 is 5.32 Å². The van der Waals surface area contributed by atoms with Gasteiger partial charge < -0.3 is 5.32 Å². The third-order valence-electron chi connectivity index (χ3n) is 3.19. The molecule has 1 unspecified atom stereocenters. The number of para-hydroxylation sites is 1. The van der Waals surface area contributed by atoms with Crippen LogP contribution in [0, 0.1) is 5.82 Å². The van der Waals surface area contributed by atoms with Gasteiger partial charge >= 0.3 is 0 Å². The van der Waals surface area contributed by atoms with Crippen molar-refractivity contribution in [3.8, 4) is 0 Å². The summed E-state index contributed by atoms with van der Waals surface area (Å²) >= 11 is 0. The molecule has 0 amide bonds. The predicted molar refractivity (Wildman–Crippen MR) is 74.6 cm³/mol. The number of halogens is 1. The molecule has 100 valence electrons. The molecule has 2 aromatic heterocycles. The van der Waals surface area contributed by atoms with Crippen LogP contribution in [-0.2, 0) is 0 Å². The van der Waals surface area contributed by atoms with E-state index in [1.165, 1.54) is 12.3 Å². The van der Waals surface area contributed by atoms with E-state index in [1.807, 2.05) is 25.2 Å². The zero-order valence-corrected chi connectivity index (χ0v) is 10.9. The number of hydrogen-bond acceptors (Lipinski definition) is 4. The summed E-state index contributed by atoms with van der Waals surface area (Å²) in [4.78, 5) is 12.6. The first kappa shape index (κ1) is 12.6. The summed E-state index contributed by atoms with van der Waals surface area (Å²) in [6.45, 7) is 0. The van der Waals surface area contributed by atoms with Gasteiger partial charge in [0.2, 0.25) is 0 Å². The smallest absolute Gasteiger partial charge is 0.141 e. The monoisotopic (exact) mass is 268 g/mol. The van der Waals surface area contributed by atoms with Crippen molar-refractivity contribution < 1.29 is 4.39 Å². The van der Waals surface area contributed by atoms with E-state index in [0.717, 1.165) is 22.2 Å². The van der Waals surface area contributed by atoms with Crippen LogP contribution >= 0.6 is 0 Å². The van der Waals surface area contributed by atoms with E-state index < -0.39 is 0 Å². The number of aromatic nitrogens is 3. The van der Waals surface area contributed by atoms with E-state index in [2.05, 4.69) is 20.3 Å². The Bertz CT molecular complexity index is 739. The average molecular weight is 268 g/mol. The van der Waals surface area contributed by atoms with Gasteiger partial charge in [-0.2, -0.15) is 0 Å². The van der Waals surface area contributed by atoms with Crippen molar-refractivity contribution in [2.45, 2.75) is 6.04 Å². The number of hydrogen-bond donors (Lipinski definition) is 1. The average Bonchev–Trinajstić information content (AvgIpc) is 2.48. The molecule has 2 heterocycles. The molecule has 0 saturated heterocycles. The lowest BCUT2D eigenvalue weighted by Crippen LogP contribution is -2.18. The van der Waals surface area contributed by atoms with Gasteiger partial charge in [-0.1, -0.05) is 12.1 Å². The number of nitrogens with zero attached hydrogens (tertiary/aromatic N) is 3. The number of benzene rings is 1. The highest BCUT2D eigenvalue weighted by Crippen LogP contribution is 2.26. The van der Waals surface area contributed by atoms with Crippen molar-refractivity contribution in [1.29, 1.82) is 0 Å². The third kappa shape index (κ3) is 2.23. The zero-order valence-electron chi connectivity index (χ0n) is 10.9. The Balaban J connectivity index is 2.17. The molecule has 0 bridgehead atoms. The van der Waals surface area contributed by atoms with E-state index in [1.54, 1.807) is 18.6 Å². The van der Waals surface area contributed by atoms with Crippen LogP contribution in [0.2, 0.25) is 0 Å². The van der Waals surface area contributed by atoms with Gasteiger partial charge in [0.25, 0.3) is 0 Å². The first-order valence-corrected chi connectivity index (χ1v) is 6.27. The van der Waals surface area contributed by atoms with Crippen LogP contribution in [0.5, 0.6) is 0 Å². The van der Waals surface area contributed by atoms with Crippen molar-refractivity contribution in [3.05, 3.63) is 66.0 Å². The quantitative estimate of drug-likeness (QED) is 0.793. The van der Waals surface area contributed by atoms with Crippen LogP contribution in [0.1, 0.15) is 17.2 Å². The normalized spacial score (nSPS) is 12.5. The van der Waals surface area contributed by atoms with Crippen LogP contribution in [-0.4, -0.2) is 22.0 Å². The van der Waals surface area contributed by atoms with Gasteiger partial charge in [0.1, 0.15) is 5.82 Å². The zero-order chi connectivity index (χ0) is 13.9. The lowest BCUT2D eigenvalue weighted by molar-refractivity contribution is 0.609. The Morgan fingerprint density at radius 1 is 1.15 bits per heavy atom. The minimum absolute atomic E-state index is 0.182. The Labute approximate surface area is 115 Å². The fraction of sp³-hybridized carbons (Fsp3) is 0.133. The molecule has 3 aromatic rings. The van der Waals surface area contributed by atoms with Crippen LogP contribution in [0.3, 0.4) is 0 Å². The van der Waals surface area contributed by atoms with Crippen LogP contribution in [0.4, 0.5) is 4.39 Å². The number of nitrogens with one attached hydrogen (secondary N) is 1. The molecule has 4 nitrogen and oxygen atoms in total. The maximum atomic E-state index is 13.4. The fourth-order valence-corrected chi connectivity index (χ4v) is 2.34. The SMILES string of the molecule is CNC(c1cncc(F)c1)c1cccc2nccnc12. The summed E-state index contributed by atoms with van der Waals surface area (Å²) < 4.78 is 13.4. The van der Waals surface area contributed by atoms with Gasteiger partial charge in [-0.05, 0) is 24.7 Å². The molecule has 1 N–H and O–H groups in total. The molecule has 0 aliphatic carbocycles. The first-order chi connectivity index (χ1) is 9.79. The van der Waals surface area contributed by atoms with Crippen molar-refractivity contribution in [1.82, 2.24) is 20.3 Å². The van der Waals surface area contributed by atoms with Gasteiger partial charge in [-0.25, -0.2) is 4.39 Å². The number of pyridine rings is 1. The lowest BCUT2D eigenvalue weighted by Gasteiger charge is -2.18. The Kier molecular flexibility index (Phi) is 3.35. The minimum atomic E-state index is -0.353. The molecule has 0 saturated carbocycles. The molecule has 1 aromatic carbocycles. The predicted octanol–water partition coefficient (Wildman–Crippen LogP) is 2.47. The highest BCUT2D eigenvalue weighted by Gasteiger charge is 2.16. The first-order valence-electron chi connectivity index (χ1n) is 6.27.